The monoisotopic (exact) mass is 450 g/mol. The second-order valence-electron chi connectivity index (χ2n) is 7.37. The summed E-state index contributed by atoms with van der Waals surface area (Å²) in [6.45, 7) is 4.16. The molecule has 0 saturated heterocycles. The zero-order chi connectivity index (χ0) is 22.7. The molecule has 0 fully saturated rings. The van der Waals surface area contributed by atoms with E-state index in [0.29, 0.717) is 33.4 Å². The number of rotatable bonds is 7. The van der Waals surface area contributed by atoms with Crippen molar-refractivity contribution >= 4 is 27.9 Å². The van der Waals surface area contributed by atoms with E-state index in [4.69, 9.17) is 9.47 Å². The number of carbonyl (C=O) groups excluding carboxylic acids is 1. The summed E-state index contributed by atoms with van der Waals surface area (Å²) >= 11 is 1.39. The van der Waals surface area contributed by atoms with Gasteiger partial charge >= 0.3 is 0 Å². The third-order valence-electron chi connectivity index (χ3n) is 4.64. The zero-order valence-corrected chi connectivity index (χ0v) is 18.7. The van der Waals surface area contributed by atoms with Gasteiger partial charge < -0.3 is 14.8 Å². The number of hydrogen-bond donors (Lipinski definition) is 1. The fourth-order valence-electron chi connectivity index (χ4n) is 2.94. The van der Waals surface area contributed by atoms with Gasteiger partial charge in [0.25, 0.3) is 11.5 Å². The van der Waals surface area contributed by atoms with Crippen LogP contribution in [0.2, 0.25) is 0 Å². The summed E-state index contributed by atoms with van der Waals surface area (Å²) in [6.07, 6.45) is 0. The molecule has 2 aromatic heterocycles. The normalized spacial score (nSPS) is 11.0. The van der Waals surface area contributed by atoms with Crippen molar-refractivity contribution in [3.8, 4) is 11.5 Å². The van der Waals surface area contributed by atoms with Crippen LogP contribution in [-0.4, -0.2) is 27.6 Å². The standard InChI is InChI=1S/C23H22N4O4S/c1-14(2)22-26-27-20(28)12-17(25-23(27)32-22)13-31-19-6-4-5-16(11-19)24-21(29)15-7-9-18(30-3)10-8-15/h4-12,14H,13H2,1-3H3,(H,24,29). The number of benzene rings is 2. The Balaban J connectivity index is 1.44. The van der Waals surface area contributed by atoms with E-state index in [-0.39, 0.29) is 24.0 Å². The van der Waals surface area contributed by atoms with E-state index in [1.54, 1.807) is 55.6 Å². The number of methoxy groups -OCH3 is 1. The van der Waals surface area contributed by atoms with Crippen LogP contribution in [0.25, 0.3) is 4.96 Å². The predicted octanol–water partition coefficient (Wildman–Crippen LogP) is 4.11. The Morgan fingerprint density at radius 1 is 1.12 bits per heavy atom. The third kappa shape index (κ3) is 4.78. The molecule has 9 heteroatoms. The zero-order valence-electron chi connectivity index (χ0n) is 17.9. The van der Waals surface area contributed by atoms with E-state index in [9.17, 15) is 9.59 Å². The highest BCUT2D eigenvalue weighted by Crippen LogP contribution is 2.22. The molecule has 0 aliphatic rings. The summed E-state index contributed by atoms with van der Waals surface area (Å²) in [5.74, 6) is 1.21. The van der Waals surface area contributed by atoms with Crippen LogP contribution < -0.4 is 20.3 Å². The Morgan fingerprint density at radius 2 is 1.91 bits per heavy atom. The first-order valence-electron chi connectivity index (χ1n) is 10.0. The van der Waals surface area contributed by atoms with Crippen molar-refractivity contribution in [2.45, 2.75) is 26.4 Å². The Kier molecular flexibility index (Phi) is 6.18. The number of nitrogens with one attached hydrogen (secondary N) is 1. The largest absolute Gasteiger partial charge is 0.497 e. The lowest BCUT2D eigenvalue weighted by Crippen LogP contribution is -2.16. The van der Waals surface area contributed by atoms with Gasteiger partial charge in [-0.05, 0) is 36.4 Å². The molecule has 0 aliphatic heterocycles. The van der Waals surface area contributed by atoms with Crippen LogP contribution in [0.1, 0.15) is 40.8 Å². The fraction of sp³-hybridized carbons (Fsp3) is 0.217. The lowest BCUT2D eigenvalue weighted by molar-refractivity contribution is 0.102. The number of amides is 1. The van der Waals surface area contributed by atoms with E-state index in [0.717, 1.165) is 5.01 Å². The van der Waals surface area contributed by atoms with Gasteiger partial charge in [-0.3, -0.25) is 9.59 Å². The summed E-state index contributed by atoms with van der Waals surface area (Å²) in [5.41, 5.74) is 1.38. The number of hydrogen-bond acceptors (Lipinski definition) is 7. The summed E-state index contributed by atoms with van der Waals surface area (Å²) < 4.78 is 12.2. The molecule has 0 atom stereocenters. The molecule has 1 N–H and O–H groups in total. The van der Waals surface area contributed by atoms with E-state index in [1.807, 2.05) is 13.8 Å². The number of ether oxygens (including phenoxy) is 2. The SMILES string of the molecule is COc1ccc(C(=O)Nc2cccc(OCc3cc(=O)n4nc(C(C)C)sc4n3)c2)cc1. The Bertz CT molecular complexity index is 1310. The molecule has 0 radical (unpaired) electrons. The number of carbonyl (C=O) groups is 1. The minimum absolute atomic E-state index is 0.122. The topological polar surface area (TPSA) is 94.8 Å². The molecule has 2 aromatic carbocycles. The summed E-state index contributed by atoms with van der Waals surface area (Å²) in [7, 11) is 1.57. The van der Waals surface area contributed by atoms with E-state index < -0.39 is 0 Å². The quantitative estimate of drug-likeness (QED) is 0.455. The highest BCUT2D eigenvalue weighted by atomic mass is 32.1. The molecule has 8 nitrogen and oxygen atoms in total. The Morgan fingerprint density at radius 3 is 2.62 bits per heavy atom. The molecule has 0 bridgehead atoms. The molecule has 0 spiro atoms. The fourth-order valence-corrected chi connectivity index (χ4v) is 3.87. The van der Waals surface area contributed by atoms with E-state index in [2.05, 4.69) is 15.4 Å². The minimum atomic E-state index is -0.240. The van der Waals surface area contributed by atoms with Gasteiger partial charge in [0.15, 0.2) is 0 Å². The smallest absolute Gasteiger partial charge is 0.275 e. The molecule has 0 saturated carbocycles. The molecule has 0 aliphatic carbocycles. The van der Waals surface area contributed by atoms with Crippen LogP contribution in [-0.2, 0) is 6.61 Å². The Hall–Kier alpha value is -3.72. The van der Waals surface area contributed by atoms with Crippen molar-refractivity contribution in [3.63, 3.8) is 0 Å². The summed E-state index contributed by atoms with van der Waals surface area (Å²) in [4.78, 5) is 29.9. The second kappa shape index (κ2) is 9.19. The van der Waals surface area contributed by atoms with Gasteiger partial charge in [0.2, 0.25) is 4.96 Å². The first-order valence-corrected chi connectivity index (χ1v) is 10.8. The highest BCUT2D eigenvalue weighted by Gasteiger charge is 2.12. The number of aromatic nitrogens is 3. The van der Waals surface area contributed by atoms with Gasteiger partial charge in [0.05, 0.1) is 12.8 Å². The molecule has 2 heterocycles. The van der Waals surface area contributed by atoms with Crippen molar-refractivity contribution < 1.29 is 14.3 Å². The summed E-state index contributed by atoms with van der Waals surface area (Å²) in [5, 5.41) is 8.02. The number of nitrogens with zero attached hydrogens (tertiary/aromatic N) is 3. The third-order valence-corrected chi connectivity index (χ3v) is 5.85. The van der Waals surface area contributed by atoms with Crippen LogP contribution in [0, 0.1) is 0 Å². The van der Waals surface area contributed by atoms with Gasteiger partial charge in [-0.1, -0.05) is 31.3 Å². The van der Waals surface area contributed by atoms with Crippen LogP contribution in [0.3, 0.4) is 0 Å². The lowest BCUT2D eigenvalue weighted by Gasteiger charge is -2.09. The van der Waals surface area contributed by atoms with Crippen LogP contribution in [0.15, 0.2) is 59.4 Å². The van der Waals surface area contributed by atoms with Gasteiger partial charge in [-0.25, -0.2) is 4.98 Å². The van der Waals surface area contributed by atoms with Gasteiger partial charge in [-0.2, -0.15) is 9.61 Å². The average Bonchev–Trinajstić information content (AvgIpc) is 3.23. The van der Waals surface area contributed by atoms with E-state index in [1.165, 1.54) is 21.9 Å². The van der Waals surface area contributed by atoms with E-state index >= 15 is 0 Å². The van der Waals surface area contributed by atoms with Gasteiger partial charge in [-0.15, -0.1) is 0 Å². The average molecular weight is 451 g/mol. The van der Waals surface area contributed by atoms with Crippen molar-refractivity contribution in [2.24, 2.45) is 0 Å². The molecule has 0 unspecified atom stereocenters. The molecule has 4 aromatic rings. The maximum Gasteiger partial charge on any atom is 0.275 e. The van der Waals surface area contributed by atoms with Crippen molar-refractivity contribution in [3.05, 3.63) is 81.2 Å². The van der Waals surface area contributed by atoms with Crippen molar-refractivity contribution in [1.82, 2.24) is 14.6 Å². The second-order valence-corrected chi connectivity index (χ2v) is 8.36. The first-order chi connectivity index (χ1) is 15.4. The lowest BCUT2D eigenvalue weighted by atomic mass is 10.2. The number of anilines is 1. The molecule has 4 rings (SSSR count). The highest BCUT2D eigenvalue weighted by molar-refractivity contribution is 7.16. The summed E-state index contributed by atoms with van der Waals surface area (Å²) in [6, 6.07) is 15.3. The molecular formula is C23H22N4O4S. The maximum atomic E-state index is 12.5. The van der Waals surface area contributed by atoms with Crippen LogP contribution >= 0.6 is 11.3 Å². The Labute approximate surface area is 188 Å². The molecule has 32 heavy (non-hydrogen) atoms. The first kappa shape index (κ1) is 21.5. The number of fused-ring (bicyclic) bond motifs is 1. The molecule has 1 amide bonds. The van der Waals surface area contributed by atoms with Crippen molar-refractivity contribution in [1.29, 1.82) is 0 Å². The molecular weight excluding hydrogens is 428 g/mol. The van der Waals surface area contributed by atoms with Crippen LogP contribution in [0.5, 0.6) is 11.5 Å². The van der Waals surface area contributed by atoms with Crippen molar-refractivity contribution in [2.75, 3.05) is 12.4 Å². The van der Waals surface area contributed by atoms with Gasteiger partial charge in [0, 0.05) is 29.3 Å². The minimum Gasteiger partial charge on any atom is -0.497 e. The maximum absolute atomic E-state index is 12.5. The molecule has 164 valence electrons. The van der Waals surface area contributed by atoms with Gasteiger partial charge in [0.1, 0.15) is 23.1 Å². The van der Waals surface area contributed by atoms with Crippen LogP contribution in [0.4, 0.5) is 5.69 Å². The predicted molar refractivity (Wildman–Crippen MR) is 123 cm³/mol.